The van der Waals surface area contributed by atoms with Gasteiger partial charge in [-0.1, -0.05) is 18.7 Å². The molecule has 0 spiro atoms. The van der Waals surface area contributed by atoms with Gasteiger partial charge in [-0.05, 0) is 37.1 Å². The number of nitrogens with zero attached hydrogens (tertiary/aromatic N) is 5. The average Bonchev–Trinajstić information content (AvgIpc) is 3.10. The minimum Gasteiger partial charge on any atom is -0.343 e. The molecule has 6 heteroatoms. The molecule has 3 aromatic rings. The number of likely N-dealkylation sites (N-methyl/N-ethyl adjacent to an activating group) is 1. The van der Waals surface area contributed by atoms with E-state index >= 15 is 0 Å². The van der Waals surface area contributed by atoms with Crippen LogP contribution in [-0.4, -0.2) is 63.8 Å². The molecule has 0 bridgehead atoms. The van der Waals surface area contributed by atoms with Crippen LogP contribution in [0.2, 0.25) is 0 Å². The minimum atomic E-state index is 0.531. The van der Waals surface area contributed by atoms with Gasteiger partial charge in [0.25, 0.3) is 0 Å². The van der Waals surface area contributed by atoms with Crippen LogP contribution in [0.3, 0.4) is 0 Å². The smallest absolute Gasteiger partial charge is 0.130 e. The Morgan fingerprint density at radius 1 is 1.14 bits per heavy atom. The van der Waals surface area contributed by atoms with Gasteiger partial charge < -0.3 is 10.2 Å². The lowest BCUT2D eigenvalue weighted by Crippen LogP contribution is -2.51. The average molecular weight is 377 g/mol. The highest BCUT2D eigenvalue weighted by Crippen LogP contribution is 2.25. The number of anilines is 1. The summed E-state index contributed by atoms with van der Waals surface area (Å²) in [5.41, 5.74) is 3.25. The van der Waals surface area contributed by atoms with Gasteiger partial charge in [0.15, 0.2) is 0 Å². The molecule has 2 aromatic heterocycles. The highest BCUT2D eigenvalue weighted by molar-refractivity contribution is 5.88. The Morgan fingerprint density at radius 3 is 2.75 bits per heavy atom. The summed E-state index contributed by atoms with van der Waals surface area (Å²) in [5, 5.41) is 9.94. The van der Waals surface area contributed by atoms with Crippen LogP contribution in [-0.2, 0) is 7.05 Å². The molecule has 1 fully saturated rings. The van der Waals surface area contributed by atoms with Gasteiger partial charge in [0.05, 0.1) is 6.20 Å². The monoisotopic (exact) mass is 376 g/mol. The van der Waals surface area contributed by atoms with Crippen LogP contribution in [0.5, 0.6) is 0 Å². The molecular weight excluding hydrogens is 348 g/mol. The van der Waals surface area contributed by atoms with E-state index in [2.05, 4.69) is 70.0 Å². The van der Waals surface area contributed by atoms with Crippen molar-refractivity contribution in [3.05, 3.63) is 55.1 Å². The fourth-order valence-corrected chi connectivity index (χ4v) is 3.84. The van der Waals surface area contributed by atoms with Crippen LogP contribution in [0, 0.1) is 0 Å². The zero-order valence-electron chi connectivity index (χ0n) is 16.9. The van der Waals surface area contributed by atoms with Crippen molar-refractivity contribution in [2.45, 2.75) is 13.0 Å². The van der Waals surface area contributed by atoms with E-state index in [4.69, 9.17) is 0 Å². The van der Waals surface area contributed by atoms with E-state index in [0.717, 1.165) is 59.6 Å². The molecule has 1 saturated heterocycles. The molecule has 28 heavy (non-hydrogen) atoms. The van der Waals surface area contributed by atoms with Crippen molar-refractivity contribution in [2.24, 2.45) is 7.05 Å². The molecule has 0 aliphatic carbocycles. The molecule has 0 amide bonds. The molecule has 0 radical (unpaired) electrons. The molecule has 1 aromatic carbocycles. The first kappa shape index (κ1) is 18.7. The maximum Gasteiger partial charge on any atom is 0.130 e. The molecule has 1 unspecified atom stereocenters. The van der Waals surface area contributed by atoms with Crippen LogP contribution in [0.15, 0.2) is 55.1 Å². The summed E-state index contributed by atoms with van der Waals surface area (Å²) in [7, 11) is 4.11. The number of benzene rings is 1. The first-order valence-electron chi connectivity index (χ1n) is 9.74. The van der Waals surface area contributed by atoms with Gasteiger partial charge in [0.1, 0.15) is 5.82 Å². The summed E-state index contributed by atoms with van der Waals surface area (Å²) in [6, 6.07) is 9.03. The largest absolute Gasteiger partial charge is 0.343 e. The van der Waals surface area contributed by atoms with Gasteiger partial charge in [-0.15, -0.1) is 0 Å². The molecule has 1 aliphatic heterocycles. The number of nitrogens with one attached hydrogen (secondary N) is 1. The Balaban J connectivity index is 1.48. The van der Waals surface area contributed by atoms with E-state index in [1.165, 1.54) is 0 Å². The molecular formula is C22H28N6. The summed E-state index contributed by atoms with van der Waals surface area (Å²) in [6.45, 7) is 10.6. The lowest BCUT2D eigenvalue weighted by Gasteiger charge is -2.38. The first-order valence-corrected chi connectivity index (χ1v) is 9.74. The second-order valence-corrected chi connectivity index (χ2v) is 7.84. The number of hydrogen-bond acceptors (Lipinski definition) is 5. The normalized spacial score (nSPS) is 18.5. The number of pyridine rings is 1. The zero-order chi connectivity index (χ0) is 19.7. The predicted octanol–water partition coefficient (Wildman–Crippen LogP) is 3.20. The Bertz CT molecular complexity index is 992. The van der Waals surface area contributed by atoms with Crippen LogP contribution < -0.4 is 5.32 Å². The Kier molecular flexibility index (Phi) is 5.15. The predicted molar refractivity (Wildman–Crippen MR) is 115 cm³/mol. The first-order chi connectivity index (χ1) is 13.5. The highest BCUT2D eigenvalue weighted by atomic mass is 15.3. The lowest BCUT2D eigenvalue weighted by molar-refractivity contribution is 0.109. The summed E-state index contributed by atoms with van der Waals surface area (Å²) in [6.07, 6.45) is 5.83. The summed E-state index contributed by atoms with van der Waals surface area (Å²) in [4.78, 5) is 9.41. The Morgan fingerprint density at radius 2 is 2.00 bits per heavy atom. The third kappa shape index (κ3) is 4.08. The molecule has 1 aliphatic rings. The van der Waals surface area contributed by atoms with Crippen LogP contribution in [0.1, 0.15) is 6.92 Å². The van der Waals surface area contributed by atoms with Crippen molar-refractivity contribution in [2.75, 3.05) is 38.5 Å². The van der Waals surface area contributed by atoms with E-state index in [9.17, 15) is 0 Å². The van der Waals surface area contributed by atoms with Gasteiger partial charge in [-0.3, -0.25) is 9.58 Å². The van der Waals surface area contributed by atoms with Crippen LogP contribution in [0.25, 0.3) is 21.9 Å². The Hall–Kier alpha value is -2.70. The van der Waals surface area contributed by atoms with Gasteiger partial charge in [-0.25, -0.2) is 4.98 Å². The second kappa shape index (κ2) is 7.73. The molecule has 1 atom stereocenters. The number of piperazine rings is 1. The van der Waals surface area contributed by atoms with Crippen LogP contribution >= 0.6 is 0 Å². The van der Waals surface area contributed by atoms with E-state index in [0.29, 0.717) is 6.04 Å². The Labute approximate surface area is 166 Å². The molecule has 0 saturated carbocycles. The highest BCUT2D eigenvalue weighted by Gasteiger charge is 2.21. The molecule has 1 N–H and O–H groups in total. The maximum absolute atomic E-state index is 4.56. The van der Waals surface area contributed by atoms with Gasteiger partial charge >= 0.3 is 0 Å². The number of aryl methyl sites for hydroxylation is 1. The van der Waals surface area contributed by atoms with Crippen molar-refractivity contribution in [1.82, 2.24) is 24.6 Å². The number of hydrogen-bond donors (Lipinski definition) is 1. The standard InChI is InChI=1S/C22H28N6/c1-16(13-28-8-7-26(3)14-17(28)2)25-22-10-20-9-18(5-6-19(20)11-23-22)21-12-24-27(4)15-21/h5-6,9-12,15,17H,1,7-8,13-14H2,2-4H3,(H,23,25). The SMILES string of the molecule is C=C(CN1CCN(C)CC1C)Nc1cc2cc(-c3cnn(C)c3)ccc2cn1. The third-order valence-electron chi connectivity index (χ3n) is 5.43. The summed E-state index contributed by atoms with van der Waals surface area (Å²) >= 11 is 0. The van der Waals surface area contributed by atoms with Crippen LogP contribution in [0.4, 0.5) is 5.82 Å². The van der Waals surface area contributed by atoms with Crippen molar-refractivity contribution in [3.8, 4) is 11.1 Å². The molecule has 6 nitrogen and oxygen atoms in total. The number of rotatable bonds is 5. The summed E-state index contributed by atoms with van der Waals surface area (Å²) < 4.78 is 1.82. The third-order valence-corrected chi connectivity index (χ3v) is 5.43. The molecule has 3 heterocycles. The second-order valence-electron chi connectivity index (χ2n) is 7.84. The maximum atomic E-state index is 4.56. The fourth-order valence-electron chi connectivity index (χ4n) is 3.84. The van der Waals surface area contributed by atoms with E-state index in [-0.39, 0.29) is 0 Å². The van der Waals surface area contributed by atoms with Gasteiger partial charge in [0, 0.05) is 68.3 Å². The van der Waals surface area contributed by atoms with Crippen molar-refractivity contribution in [1.29, 1.82) is 0 Å². The van der Waals surface area contributed by atoms with E-state index in [1.54, 1.807) is 0 Å². The van der Waals surface area contributed by atoms with Crippen molar-refractivity contribution in [3.63, 3.8) is 0 Å². The van der Waals surface area contributed by atoms with Gasteiger partial charge in [-0.2, -0.15) is 5.10 Å². The fraction of sp³-hybridized carbons (Fsp3) is 0.364. The number of aromatic nitrogens is 3. The quantitative estimate of drug-likeness (QED) is 0.741. The summed E-state index contributed by atoms with van der Waals surface area (Å²) in [5.74, 6) is 0.836. The lowest BCUT2D eigenvalue weighted by atomic mass is 10.1. The van der Waals surface area contributed by atoms with E-state index in [1.807, 2.05) is 30.3 Å². The topological polar surface area (TPSA) is 49.2 Å². The zero-order valence-corrected chi connectivity index (χ0v) is 16.9. The van der Waals surface area contributed by atoms with E-state index < -0.39 is 0 Å². The van der Waals surface area contributed by atoms with Crippen molar-refractivity contribution < 1.29 is 0 Å². The molecule has 146 valence electrons. The van der Waals surface area contributed by atoms with Crippen molar-refractivity contribution >= 4 is 16.6 Å². The minimum absolute atomic E-state index is 0.531. The molecule has 4 rings (SSSR count). The number of fused-ring (bicyclic) bond motifs is 1. The van der Waals surface area contributed by atoms with Gasteiger partial charge in [0.2, 0.25) is 0 Å².